The lowest BCUT2D eigenvalue weighted by molar-refractivity contribution is 1.07. The molecule has 1 N–H and O–H groups in total. The summed E-state index contributed by atoms with van der Waals surface area (Å²) >= 11 is 0. The van der Waals surface area contributed by atoms with E-state index < -0.39 is 0 Å². The molecule has 80 valence electrons. The third-order valence-corrected chi connectivity index (χ3v) is 2.81. The summed E-state index contributed by atoms with van der Waals surface area (Å²) in [4.78, 5) is 3.40. The Morgan fingerprint density at radius 2 is 2.19 bits per heavy atom. The predicted octanol–water partition coefficient (Wildman–Crippen LogP) is 3.66. The van der Waals surface area contributed by atoms with E-state index in [1.165, 1.54) is 16.6 Å². The molecule has 0 aliphatic heterocycles. The molecule has 0 amide bonds. The monoisotopic (exact) mass is 210 g/mol. The summed E-state index contributed by atoms with van der Waals surface area (Å²) in [7, 11) is 0. The maximum atomic E-state index is 8.73. The summed E-state index contributed by atoms with van der Waals surface area (Å²) in [6, 6.07) is 10.3. The van der Waals surface area contributed by atoms with Gasteiger partial charge in [-0.2, -0.15) is 5.26 Å². The van der Waals surface area contributed by atoms with Gasteiger partial charge >= 0.3 is 0 Å². The third-order valence-electron chi connectivity index (χ3n) is 2.81. The van der Waals surface area contributed by atoms with Crippen molar-refractivity contribution in [2.75, 3.05) is 0 Å². The number of H-pyrrole nitrogens is 1. The number of benzene rings is 1. The molecule has 1 heterocycles. The van der Waals surface area contributed by atoms with Crippen LogP contribution < -0.4 is 0 Å². The lowest BCUT2D eigenvalue weighted by atomic mass is 10.0. The minimum Gasteiger partial charge on any atom is -0.358 e. The number of para-hydroxylation sites is 1. The first-order chi connectivity index (χ1) is 7.77. The number of nitrogens with one attached hydrogen (secondary N) is 1. The fourth-order valence-corrected chi connectivity index (χ4v) is 2.08. The number of hydrogen-bond acceptors (Lipinski definition) is 1. The van der Waals surface area contributed by atoms with Gasteiger partial charge in [-0.25, -0.2) is 0 Å². The van der Waals surface area contributed by atoms with E-state index in [0.717, 1.165) is 17.5 Å². The molecule has 2 heteroatoms. The van der Waals surface area contributed by atoms with Crippen molar-refractivity contribution < 1.29 is 0 Å². The van der Waals surface area contributed by atoms with E-state index >= 15 is 0 Å². The Balaban J connectivity index is 2.75. The van der Waals surface area contributed by atoms with Crippen molar-refractivity contribution in [3.05, 3.63) is 41.6 Å². The molecule has 0 aliphatic rings. The zero-order valence-corrected chi connectivity index (χ0v) is 9.54. The van der Waals surface area contributed by atoms with Crippen LogP contribution in [0, 0.1) is 11.3 Å². The minimum atomic E-state index is 0.945. The second-order valence-electron chi connectivity index (χ2n) is 3.83. The van der Waals surface area contributed by atoms with Crippen molar-refractivity contribution in [2.45, 2.75) is 20.3 Å². The summed E-state index contributed by atoms with van der Waals surface area (Å²) < 4.78 is 0. The van der Waals surface area contributed by atoms with Gasteiger partial charge in [0.25, 0.3) is 0 Å². The number of rotatable bonds is 2. The number of aromatic nitrogens is 1. The lowest BCUT2D eigenvalue weighted by Crippen LogP contribution is -1.86. The van der Waals surface area contributed by atoms with Gasteiger partial charge in [0.2, 0.25) is 0 Å². The first-order valence-corrected chi connectivity index (χ1v) is 5.44. The molecule has 1 aromatic carbocycles. The molecule has 0 aliphatic carbocycles. The quantitative estimate of drug-likeness (QED) is 0.755. The van der Waals surface area contributed by atoms with Crippen molar-refractivity contribution in [2.24, 2.45) is 0 Å². The van der Waals surface area contributed by atoms with Crippen molar-refractivity contribution in [1.29, 1.82) is 5.26 Å². The molecule has 2 aromatic rings. The first-order valence-electron chi connectivity index (χ1n) is 5.44. The van der Waals surface area contributed by atoms with E-state index in [1.807, 2.05) is 19.1 Å². The second-order valence-corrected chi connectivity index (χ2v) is 3.83. The van der Waals surface area contributed by atoms with E-state index in [0.29, 0.717) is 0 Å². The summed E-state index contributed by atoms with van der Waals surface area (Å²) in [5, 5.41) is 9.93. The number of nitrogens with zero attached hydrogens (tertiary/aromatic N) is 1. The Labute approximate surface area is 95.2 Å². The SMILES string of the molecule is CCc1[nH]c2ccccc2c1/C(C)=C\C#N. The molecule has 2 rings (SSSR count). The van der Waals surface area contributed by atoms with Crippen molar-refractivity contribution in [1.82, 2.24) is 4.98 Å². The number of aryl methyl sites for hydroxylation is 1. The Morgan fingerprint density at radius 3 is 2.88 bits per heavy atom. The highest BCUT2D eigenvalue weighted by Gasteiger charge is 2.10. The Kier molecular flexibility index (Phi) is 2.78. The number of allylic oxidation sites excluding steroid dienone is 2. The van der Waals surface area contributed by atoms with Crippen LogP contribution in [0.5, 0.6) is 0 Å². The highest BCUT2D eigenvalue weighted by atomic mass is 14.7. The summed E-state index contributed by atoms with van der Waals surface area (Å²) in [6.45, 7) is 4.10. The van der Waals surface area contributed by atoms with Crippen LogP contribution >= 0.6 is 0 Å². The number of nitriles is 1. The van der Waals surface area contributed by atoms with Crippen LogP contribution in [0.2, 0.25) is 0 Å². The van der Waals surface area contributed by atoms with Crippen LogP contribution in [0.15, 0.2) is 30.3 Å². The summed E-state index contributed by atoms with van der Waals surface area (Å²) in [5.41, 5.74) is 4.54. The minimum absolute atomic E-state index is 0.945. The number of fused-ring (bicyclic) bond motifs is 1. The topological polar surface area (TPSA) is 39.6 Å². The molecule has 0 saturated heterocycles. The van der Waals surface area contributed by atoms with E-state index in [2.05, 4.69) is 30.1 Å². The largest absolute Gasteiger partial charge is 0.358 e. The van der Waals surface area contributed by atoms with Gasteiger partial charge in [0, 0.05) is 28.2 Å². The molecule has 16 heavy (non-hydrogen) atoms. The molecule has 0 fully saturated rings. The highest BCUT2D eigenvalue weighted by Crippen LogP contribution is 2.28. The maximum Gasteiger partial charge on any atom is 0.0915 e. The fourth-order valence-electron chi connectivity index (χ4n) is 2.08. The molecule has 0 spiro atoms. The van der Waals surface area contributed by atoms with E-state index in [1.54, 1.807) is 6.08 Å². The normalized spacial score (nSPS) is 11.7. The Bertz CT molecular complexity index is 582. The molecule has 0 radical (unpaired) electrons. The van der Waals surface area contributed by atoms with E-state index in [-0.39, 0.29) is 0 Å². The molecular formula is C14H14N2. The van der Waals surface area contributed by atoms with Crippen LogP contribution in [0.4, 0.5) is 0 Å². The standard InChI is InChI=1S/C14H14N2/c1-3-12-14(10(2)8-9-15)11-6-4-5-7-13(11)16-12/h4-8,16H,3H2,1-2H3/b10-8-. The van der Waals surface area contributed by atoms with Crippen molar-refractivity contribution in [3.63, 3.8) is 0 Å². The molecule has 2 nitrogen and oxygen atoms in total. The van der Waals surface area contributed by atoms with Crippen LogP contribution in [0.3, 0.4) is 0 Å². The van der Waals surface area contributed by atoms with Gasteiger partial charge in [-0.15, -0.1) is 0 Å². The molecule has 0 bridgehead atoms. The molecule has 0 atom stereocenters. The lowest BCUT2D eigenvalue weighted by Gasteiger charge is -2.01. The smallest absolute Gasteiger partial charge is 0.0915 e. The van der Waals surface area contributed by atoms with Crippen molar-refractivity contribution in [3.8, 4) is 6.07 Å². The first kappa shape index (κ1) is 10.5. The number of hydrogen-bond donors (Lipinski definition) is 1. The average Bonchev–Trinajstić information content (AvgIpc) is 2.67. The predicted molar refractivity (Wildman–Crippen MR) is 66.9 cm³/mol. The van der Waals surface area contributed by atoms with E-state index in [9.17, 15) is 0 Å². The second kappa shape index (κ2) is 4.24. The molecule has 0 unspecified atom stereocenters. The fraction of sp³-hybridized carbons (Fsp3) is 0.214. The van der Waals surface area contributed by atoms with Gasteiger partial charge in [-0.1, -0.05) is 25.1 Å². The molecule has 0 saturated carbocycles. The van der Waals surface area contributed by atoms with Crippen LogP contribution in [-0.2, 0) is 6.42 Å². The highest BCUT2D eigenvalue weighted by molar-refractivity contribution is 5.94. The van der Waals surface area contributed by atoms with Crippen molar-refractivity contribution >= 4 is 16.5 Å². The van der Waals surface area contributed by atoms with Gasteiger partial charge < -0.3 is 4.98 Å². The maximum absolute atomic E-state index is 8.73. The Morgan fingerprint density at radius 1 is 1.44 bits per heavy atom. The zero-order chi connectivity index (χ0) is 11.5. The van der Waals surface area contributed by atoms with Crippen LogP contribution in [0.25, 0.3) is 16.5 Å². The average molecular weight is 210 g/mol. The van der Waals surface area contributed by atoms with E-state index in [4.69, 9.17) is 5.26 Å². The van der Waals surface area contributed by atoms with Gasteiger partial charge in [0.1, 0.15) is 0 Å². The summed E-state index contributed by atoms with van der Waals surface area (Å²) in [5.74, 6) is 0. The van der Waals surface area contributed by atoms with Gasteiger partial charge in [0.15, 0.2) is 0 Å². The van der Waals surface area contributed by atoms with Gasteiger partial charge in [-0.05, 0) is 25.0 Å². The summed E-state index contributed by atoms with van der Waals surface area (Å²) in [6.07, 6.45) is 2.55. The van der Waals surface area contributed by atoms with Gasteiger partial charge in [-0.3, -0.25) is 0 Å². The van der Waals surface area contributed by atoms with Crippen LogP contribution in [-0.4, -0.2) is 4.98 Å². The zero-order valence-electron chi connectivity index (χ0n) is 9.54. The van der Waals surface area contributed by atoms with Gasteiger partial charge in [0.05, 0.1) is 6.07 Å². The molecular weight excluding hydrogens is 196 g/mol. The third kappa shape index (κ3) is 1.61. The molecule has 1 aromatic heterocycles. The van der Waals surface area contributed by atoms with Crippen LogP contribution in [0.1, 0.15) is 25.1 Å². The number of aromatic amines is 1. The Hall–Kier alpha value is -2.01.